The summed E-state index contributed by atoms with van der Waals surface area (Å²) < 4.78 is 11.5. The van der Waals surface area contributed by atoms with E-state index in [2.05, 4.69) is 5.32 Å². The molecular formula is C36H61NO15. The fraction of sp³-hybridized carbons (Fsp3) is 0.806. The number of hydrogen-bond donors (Lipinski definition) is 7. The number of carbonyl (C=O) groups is 7. The molecule has 0 aliphatic rings. The highest BCUT2D eigenvalue weighted by Crippen LogP contribution is 2.29. The third-order valence-corrected chi connectivity index (χ3v) is 9.00. The van der Waals surface area contributed by atoms with E-state index in [9.17, 15) is 54.0 Å². The summed E-state index contributed by atoms with van der Waals surface area (Å²) in [5, 5.41) is 60.2. The van der Waals surface area contributed by atoms with Gasteiger partial charge in [0.25, 0.3) is 0 Å². The Kier molecular flexibility index (Phi) is 24.2. The SMILES string of the molecule is CCCC[C@H](C)[C@H](OC(=O)C[C@H](CC(=O)O)C(=O)O)[C@H](C[C@H](C)CCCCCC[C@H](O)C[C@H](O)[C@@H](C)NC(C)=O)OC(=O)C[C@H](CC(=O)O)C(=O)O. The first kappa shape index (κ1) is 48.2. The zero-order valence-electron chi connectivity index (χ0n) is 31.2. The minimum Gasteiger partial charge on any atom is -0.481 e. The number of hydrogen-bond acceptors (Lipinski definition) is 11. The highest BCUT2D eigenvalue weighted by molar-refractivity contribution is 5.84. The van der Waals surface area contributed by atoms with Gasteiger partial charge in [0.05, 0.1) is 55.8 Å². The number of rotatable bonds is 30. The topological polar surface area (TPSA) is 271 Å². The van der Waals surface area contributed by atoms with Crippen LogP contribution in [-0.2, 0) is 43.0 Å². The highest BCUT2D eigenvalue weighted by atomic mass is 16.6. The molecule has 0 saturated heterocycles. The first-order valence-corrected chi connectivity index (χ1v) is 18.2. The summed E-state index contributed by atoms with van der Waals surface area (Å²) in [5.74, 6) is -11.7. The number of carboxylic acid groups (broad SMARTS) is 4. The van der Waals surface area contributed by atoms with Gasteiger partial charge in [-0.1, -0.05) is 65.7 Å². The lowest BCUT2D eigenvalue weighted by Gasteiger charge is -2.33. The van der Waals surface area contributed by atoms with Gasteiger partial charge in [0.1, 0.15) is 12.2 Å². The number of amides is 1. The molecule has 0 aliphatic carbocycles. The van der Waals surface area contributed by atoms with Gasteiger partial charge in [-0.2, -0.15) is 0 Å². The van der Waals surface area contributed by atoms with Crippen molar-refractivity contribution in [3.05, 3.63) is 0 Å². The van der Waals surface area contributed by atoms with Crippen molar-refractivity contribution in [3.63, 3.8) is 0 Å². The van der Waals surface area contributed by atoms with Crippen molar-refractivity contribution in [1.29, 1.82) is 0 Å². The van der Waals surface area contributed by atoms with E-state index in [0.29, 0.717) is 32.1 Å². The van der Waals surface area contributed by atoms with Gasteiger partial charge >= 0.3 is 35.8 Å². The van der Waals surface area contributed by atoms with E-state index in [4.69, 9.17) is 19.7 Å². The third kappa shape index (κ3) is 22.2. The average Bonchev–Trinajstić information content (AvgIpc) is 3.02. The van der Waals surface area contributed by atoms with Gasteiger partial charge in [-0.15, -0.1) is 0 Å². The van der Waals surface area contributed by atoms with E-state index < -0.39 is 110 Å². The number of aliphatic hydroxyl groups excluding tert-OH is 2. The van der Waals surface area contributed by atoms with Crippen molar-refractivity contribution in [3.8, 4) is 0 Å². The number of ether oxygens (including phenoxy) is 2. The van der Waals surface area contributed by atoms with Crippen LogP contribution in [0, 0.1) is 23.7 Å². The lowest BCUT2D eigenvalue weighted by atomic mass is 9.87. The van der Waals surface area contributed by atoms with Crippen LogP contribution < -0.4 is 5.32 Å². The molecule has 0 bridgehead atoms. The molecule has 0 heterocycles. The van der Waals surface area contributed by atoms with Crippen LogP contribution in [0.3, 0.4) is 0 Å². The van der Waals surface area contributed by atoms with Crippen LogP contribution in [0.25, 0.3) is 0 Å². The second-order valence-corrected chi connectivity index (χ2v) is 14.1. The molecule has 1 amide bonds. The molecule has 0 aromatic heterocycles. The summed E-state index contributed by atoms with van der Waals surface area (Å²) >= 11 is 0. The van der Waals surface area contributed by atoms with Crippen LogP contribution in [0.15, 0.2) is 0 Å². The number of esters is 2. The van der Waals surface area contributed by atoms with Crippen molar-refractivity contribution in [2.24, 2.45) is 23.7 Å². The Hall–Kier alpha value is -3.79. The van der Waals surface area contributed by atoms with E-state index >= 15 is 0 Å². The number of carbonyl (C=O) groups excluding carboxylic acids is 3. The number of carboxylic acids is 4. The minimum absolute atomic E-state index is 0.110. The maximum absolute atomic E-state index is 13.1. The van der Waals surface area contributed by atoms with Gasteiger partial charge in [0.15, 0.2) is 0 Å². The van der Waals surface area contributed by atoms with Gasteiger partial charge in [0.2, 0.25) is 5.91 Å². The normalized spacial score (nSPS) is 16.5. The fourth-order valence-corrected chi connectivity index (χ4v) is 5.99. The van der Waals surface area contributed by atoms with Crippen molar-refractivity contribution in [2.45, 2.75) is 161 Å². The summed E-state index contributed by atoms with van der Waals surface area (Å²) in [4.78, 5) is 82.9. The van der Waals surface area contributed by atoms with Crippen LogP contribution in [0.2, 0.25) is 0 Å². The molecule has 0 rings (SSSR count). The molecule has 52 heavy (non-hydrogen) atoms. The predicted molar refractivity (Wildman–Crippen MR) is 186 cm³/mol. The van der Waals surface area contributed by atoms with Crippen LogP contribution in [0.1, 0.15) is 131 Å². The Balaban J connectivity index is 5.75. The molecule has 16 nitrogen and oxygen atoms in total. The first-order chi connectivity index (χ1) is 24.3. The van der Waals surface area contributed by atoms with E-state index in [1.54, 1.807) is 13.8 Å². The summed E-state index contributed by atoms with van der Waals surface area (Å²) in [6.07, 6.45) is -0.416. The monoisotopic (exact) mass is 747 g/mol. The third-order valence-electron chi connectivity index (χ3n) is 9.00. The number of nitrogens with one attached hydrogen (secondary N) is 1. The van der Waals surface area contributed by atoms with E-state index in [1.165, 1.54) is 6.92 Å². The quantitative estimate of drug-likeness (QED) is 0.0407. The second-order valence-electron chi connectivity index (χ2n) is 14.1. The van der Waals surface area contributed by atoms with Crippen molar-refractivity contribution >= 4 is 41.7 Å². The Labute approximate surface area is 305 Å². The maximum Gasteiger partial charge on any atom is 0.307 e. The van der Waals surface area contributed by atoms with Gasteiger partial charge < -0.3 is 45.4 Å². The smallest absolute Gasteiger partial charge is 0.307 e. The number of aliphatic hydroxyl groups is 2. The lowest BCUT2D eigenvalue weighted by Crippen LogP contribution is -2.42. The fourth-order valence-electron chi connectivity index (χ4n) is 5.99. The van der Waals surface area contributed by atoms with Crippen LogP contribution in [0.4, 0.5) is 0 Å². The molecule has 0 aromatic carbocycles. The minimum atomic E-state index is -1.56. The Morgan fingerprint density at radius 2 is 1.13 bits per heavy atom. The summed E-state index contributed by atoms with van der Waals surface area (Å²) in [5.41, 5.74) is 0. The molecule has 0 radical (unpaired) electrons. The second kappa shape index (κ2) is 26.0. The molecule has 0 unspecified atom stereocenters. The van der Waals surface area contributed by atoms with Crippen LogP contribution in [-0.4, -0.2) is 103 Å². The molecule has 0 aliphatic heterocycles. The molecule has 7 N–H and O–H groups in total. The average molecular weight is 748 g/mol. The molecule has 16 heteroatoms. The molecule has 9 atom stereocenters. The summed E-state index contributed by atoms with van der Waals surface area (Å²) in [6, 6.07) is -0.489. The molecule has 300 valence electrons. The Morgan fingerprint density at radius 1 is 0.635 bits per heavy atom. The van der Waals surface area contributed by atoms with Gasteiger partial charge in [0, 0.05) is 13.3 Å². The lowest BCUT2D eigenvalue weighted by molar-refractivity contribution is -0.177. The van der Waals surface area contributed by atoms with Crippen LogP contribution >= 0.6 is 0 Å². The van der Waals surface area contributed by atoms with Gasteiger partial charge in [-0.3, -0.25) is 33.6 Å². The Bertz CT molecular complexity index is 1140. The van der Waals surface area contributed by atoms with Crippen LogP contribution in [0.5, 0.6) is 0 Å². The highest BCUT2D eigenvalue weighted by Gasteiger charge is 2.37. The Morgan fingerprint density at radius 3 is 1.60 bits per heavy atom. The van der Waals surface area contributed by atoms with E-state index in [1.807, 2.05) is 13.8 Å². The summed E-state index contributed by atoms with van der Waals surface area (Å²) in [6.45, 7) is 8.62. The standard InChI is InChI=1S/C36H61NO15/c1-6-7-13-22(3)34(52-33(46)19-26(36(49)50)17-31(43)44)29(51-32(45)18-25(35(47)48)16-30(41)42)15-21(2)12-10-8-9-11-14-27(39)20-28(40)23(4)37-24(5)38/h21-23,25-29,34,39-40H,6-20H2,1-5H3,(H,37,38)(H,41,42)(H,43,44)(H,47,48)(H,49,50)/t21-,22+,23-,25+,26+,27+,28+,29+,34+/m1/s1. The molecular weight excluding hydrogens is 686 g/mol. The predicted octanol–water partition coefficient (Wildman–Crippen LogP) is 3.77. The van der Waals surface area contributed by atoms with E-state index in [-0.39, 0.29) is 24.7 Å². The maximum atomic E-state index is 13.1. The zero-order valence-corrected chi connectivity index (χ0v) is 31.2. The van der Waals surface area contributed by atoms with Crippen molar-refractivity contribution < 1.29 is 73.7 Å². The molecule has 0 aromatic rings. The number of aliphatic carboxylic acids is 4. The largest absolute Gasteiger partial charge is 0.481 e. The molecule has 0 spiro atoms. The molecule has 0 saturated carbocycles. The zero-order chi connectivity index (χ0) is 40.0. The van der Waals surface area contributed by atoms with Crippen molar-refractivity contribution in [1.82, 2.24) is 5.32 Å². The van der Waals surface area contributed by atoms with E-state index in [0.717, 1.165) is 25.7 Å². The summed E-state index contributed by atoms with van der Waals surface area (Å²) in [7, 11) is 0. The number of unbranched alkanes of at least 4 members (excludes halogenated alkanes) is 4. The van der Waals surface area contributed by atoms with Gasteiger partial charge in [-0.05, 0) is 38.0 Å². The first-order valence-electron chi connectivity index (χ1n) is 18.2. The van der Waals surface area contributed by atoms with Gasteiger partial charge in [-0.25, -0.2) is 0 Å². The molecule has 0 fully saturated rings. The van der Waals surface area contributed by atoms with Crippen molar-refractivity contribution in [2.75, 3.05) is 0 Å².